The molecule has 5 atom stereocenters. The molecule has 8 heterocycles. The molecule has 8 aliphatic rings. The lowest BCUT2D eigenvalue weighted by atomic mass is 9.75. The smallest absolute Gasteiger partial charge is 0.0158 e. The van der Waals surface area contributed by atoms with Crippen LogP contribution in [0.5, 0.6) is 0 Å². The molecule has 0 aromatic carbocycles. The van der Waals surface area contributed by atoms with Crippen molar-refractivity contribution in [2.24, 2.45) is 100 Å². The van der Waals surface area contributed by atoms with Gasteiger partial charge in [0.15, 0.2) is 0 Å². The van der Waals surface area contributed by atoms with Crippen molar-refractivity contribution in [1.82, 2.24) is 55.0 Å². The van der Waals surface area contributed by atoms with Crippen molar-refractivity contribution in [2.45, 2.75) is 472 Å². The van der Waals surface area contributed by atoms with Crippen LogP contribution in [0.15, 0.2) is 0 Å². The number of piperidine rings is 6. The molecule has 3 unspecified atom stereocenters. The molecule has 8 fully saturated rings. The maximum atomic E-state index is 3.47. The van der Waals surface area contributed by atoms with E-state index in [-0.39, 0.29) is 0 Å². The molecule has 0 saturated carbocycles. The Morgan fingerprint density at radius 2 is 0.650 bits per heavy atom. The lowest BCUT2D eigenvalue weighted by molar-refractivity contribution is 0.0388. The SMILES string of the molecule is CC(C)(C)[C@H]1CCCN(C(C)(C)C)C1.CC(C)C1CCCN(C(C)C)C1.CC(C)C1CCN(C(C)C)C1.CC(C)C1CCN(C(C)C)CC1.CC(C)C1CCN(C(C)C)CC1.CC(C)CC1CCCN1C(C)C.CC(C)CCN(C)C(C)C.CC(C)CCNC(C)C.CC(C)NN1CCC(C(C)C)CC1.CC(C)[C@@H]1CCCN(C(C)C)C1. The Bertz CT molecular complexity index is 2050. The summed E-state index contributed by atoms with van der Waals surface area (Å²) in [4.78, 5) is 20.7. The van der Waals surface area contributed by atoms with Gasteiger partial charge in [0.25, 0.3) is 0 Å². The molecule has 0 radical (unpaired) electrons. The van der Waals surface area contributed by atoms with E-state index in [1.807, 2.05) is 0 Å². The average molecular weight is 1660 g/mol. The normalized spacial score (nSPS) is 22.9. The first-order valence-electron chi connectivity index (χ1n) is 51.3. The van der Waals surface area contributed by atoms with Crippen LogP contribution in [-0.4, -0.2) is 228 Å². The zero-order valence-electron chi connectivity index (χ0n) is 88.8. The predicted molar refractivity (Wildman–Crippen MR) is 532 cm³/mol. The molecule has 8 saturated heterocycles. The van der Waals surface area contributed by atoms with Crippen LogP contribution in [0.4, 0.5) is 0 Å². The van der Waals surface area contributed by atoms with Gasteiger partial charge in [-0.05, 0) is 426 Å². The lowest BCUT2D eigenvalue weighted by Crippen LogP contribution is -2.49. The van der Waals surface area contributed by atoms with Crippen LogP contribution in [0.25, 0.3) is 0 Å². The summed E-state index contributed by atoms with van der Waals surface area (Å²) in [5, 5.41) is 5.76. The van der Waals surface area contributed by atoms with Gasteiger partial charge >= 0.3 is 0 Å². The molecule has 2 N–H and O–H groups in total. The summed E-state index contributed by atoms with van der Waals surface area (Å²) >= 11 is 0. The summed E-state index contributed by atoms with van der Waals surface area (Å²) in [6.45, 7) is 119. The zero-order valence-corrected chi connectivity index (χ0v) is 88.8. The van der Waals surface area contributed by atoms with E-state index in [4.69, 9.17) is 0 Å². The van der Waals surface area contributed by atoms with Gasteiger partial charge in [0.1, 0.15) is 0 Å². The van der Waals surface area contributed by atoms with E-state index < -0.39 is 0 Å². The van der Waals surface area contributed by atoms with Crippen LogP contribution in [0.3, 0.4) is 0 Å². The maximum Gasteiger partial charge on any atom is 0.0158 e. The number of nitrogens with zero attached hydrogens (tertiary/aromatic N) is 9. The number of hydrogen-bond donors (Lipinski definition) is 2. The first kappa shape index (κ1) is 119. The first-order chi connectivity index (χ1) is 54.1. The number of nitrogens with one attached hydrogen (secondary N) is 2. The quantitative estimate of drug-likeness (QED) is 0.0972. The largest absolute Gasteiger partial charge is 0.315 e. The summed E-state index contributed by atoms with van der Waals surface area (Å²) in [6.07, 6.45) is 25.1. The van der Waals surface area contributed by atoms with E-state index in [0.29, 0.717) is 29.1 Å². The highest BCUT2D eigenvalue weighted by molar-refractivity contribution is 4.88. The van der Waals surface area contributed by atoms with E-state index in [1.54, 1.807) is 0 Å². The van der Waals surface area contributed by atoms with Gasteiger partial charge in [-0.15, -0.1) is 0 Å². The summed E-state index contributed by atoms with van der Waals surface area (Å²) in [5.74, 6) is 14.4. The maximum absolute atomic E-state index is 3.47. The molecule has 0 aromatic heterocycles. The molecule has 11 heteroatoms. The molecule has 8 aliphatic heterocycles. The standard InChI is InChI=1S/C13H27N.C11H24N2.5C11H23N.C10H21N.C9H21N.C8H19N/c1-12(2,3)11-8-7-9-14(10-11)13(4,5)6;1-9(2)11-5-7-13(8-6-11)12-10(3)4;2*1-9(2)11-5-7-12(8-6-11)10(3)4;2*1-9(2)11-6-5-7-12(8-11)10(3)4;1-9(2)8-11-6-5-7-12(11)10(3)4;1-8(2)10-5-6-11(7-10)9(3)4;1-8(2)6-7-10(5)9(3)4;1-7(2)5-6-9-8(3)4/h11H,7-10H2,1-6H3;9-12H,5-8H2,1-4H3;5*9-11H,5-8H2,1-4H3;8-10H,5-7H2,1-4H3;8-9H,6-7H2,1-5H3;7-9H,5-6H2,1-4H3/t11-;;;;11-;;;;;/m0...1...../s1. The van der Waals surface area contributed by atoms with Gasteiger partial charge in [0, 0.05) is 105 Å². The molecule has 11 nitrogen and oxygen atoms in total. The fourth-order valence-corrected chi connectivity index (χ4v) is 18.2. The Morgan fingerprint density at radius 3 is 0.940 bits per heavy atom. The molecule has 0 aliphatic carbocycles. The summed E-state index contributed by atoms with van der Waals surface area (Å²) in [7, 11) is 2.19. The fourth-order valence-electron chi connectivity index (χ4n) is 18.2. The van der Waals surface area contributed by atoms with Crippen LogP contribution in [0, 0.1) is 100 Å². The minimum Gasteiger partial charge on any atom is -0.315 e. The molecule has 706 valence electrons. The minimum absolute atomic E-state index is 0.351. The minimum atomic E-state index is 0.351. The van der Waals surface area contributed by atoms with E-state index in [9.17, 15) is 0 Å². The summed E-state index contributed by atoms with van der Waals surface area (Å²) < 4.78 is 0. The highest BCUT2D eigenvalue weighted by Gasteiger charge is 2.35. The van der Waals surface area contributed by atoms with Crippen molar-refractivity contribution in [3.8, 4) is 0 Å². The Kier molecular flexibility index (Phi) is 65.2. The highest BCUT2D eigenvalue weighted by Crippen LogP contribution is 2.36. The van der Waals surface area contributed by atoms with E-state index in [0.717, 1.165) is 144 Å². The second-order valence-corrected chi connectivity index (χ2v) is 46.8. The van der Waals surface area contributed by atoms with Crippen molar-refractivity contribution < 1.29 is 0 Å². The third-order valence-electron chi connectivity index (χ3n) is 28.3. The third kappa shape index (κ3) is 57.1. The highest BCUT2D eigenvalue weighted by atomic mass is 15.5. The Labute approximate surface area is 741 Å². The van der Waals surface area contributed by atoms with Crippen LogP contribution < -0.4 is 10.7 Å². The van der Waals surface area contributed by atoms with Crippen LogP contribution in [0.2, 0.25) is 0 Å². The number of hydrazine groups is 1. The fraction of sp³-hybridized carbons (Fsp3) is 1.00. The molecule has 117 heavy (non-hydrogen) atoms. The second-order valence-electron chi connectivity index (χ2n) is 46.8. The van der Waals surface area contributed by atoms with Gasteiger partial charge in [-0.25, -0.2) is 5.01 Å². The summed E-state index contributed by atoms with van der Waals surface area (Å²) in [5.41, 5.74) is 4.30. The van der Waals surface area contributed by atoms with Crippen LogP contribution >= 0.6 is 0 Å². The van der Waals surface area contributed by atoms with E-state index >= 15 is 0 Å². The van der Waals surface area contributed by atoms with Crippen molar-refractivity contribution >= 4 is 0 Å². The van der Waals surface area contributed by atoms with Gasteiger partial charge in [0.2, 0.25) is 0 Å². The van der Waals surface area contributed by atoms with E-state index in [1.165, 1.54) is 220 Å². The molecule has 8 rings (SSSR count). The topological polar surface area (TPSA) is 53.2 Å². The van der Waals surface area contributed by atoms with Crippen molar-refractivity contribution in [2.75, 3.05) is 118 Å². The van der Waals surface area contributed by atoms with Gasteiger partial charge in [0.05, 0.1) is 0 Å². The first-order valence-corrected chi connectivity index (χ1v) is 51.3. The Hall–Kier alpha value is -0.440. The lowest BCUT2D eigenvalue weighted by Gasteiger charge is -2.45. The van der Waals surface area contributed by atoms with Crippen molar-refractivity contribution in [3.63, 3.8) is 0 Å². The monoisotopic (exact) mass is 1650 g/mol. The predicted octanol–water partition coefficient (Wildman–Crippen LogP) is 26.5. The number of rotatable bonds is 24. The van der Waals surface area contributed by atoms with E-state index in [2.05, 4.69) is 353 Å². The van der Waals surface area contributed by atoms with Gasteiger partial charge < -0.3 is 34.7 Å². The van der Waals surface area contributed by atoms with Crippen LogP contribution in [0.1, 0.15) is 406 Å². The average Bonchev–Trinajstić information content (AvgIpc) is 1.68. The van der Waals surface area contributed by atoms with Crippen LogP contribution in [-0.2, 0) is 0 Å². The van der Waals surface area contributed by atoms with Crippen molar-refractivity contribution in [1.29, 1.82) is 0 Å². The Morgan fingerprint density at radius 1 is 0.316 bits per heavy atom. The second kappa shape index (κ2) is 64.3. The number of likely N-dealkylation sites (tertiary alicyclic amines) is 7. The molecule has 0 bridgehead atoms. The Balaban J connectivity index is 0. The van der Waals surface area contributed by atoms with Gasteiger partial charge in [-0.2, -0.15) is 0 Å². The molecule has 0 aromatic rings. The molecular formula is C106H227N11. The molecule has 0 spiro atoms. The summed E-state index contributed by atoms with van der Waals surface area (Å²) in [6, 6.07) is 7.27. The number of hydrogen-bond acceptors (Lipinski definition) is 11. The molecule has 0 amide bonds. The van der Waals surface area contributed by atoms with Gasteiger partial charge in [-0.1, -0.05) is 159 Å². The third-order valence-corrected chi connectivity index (χ3v) is 28.3. The zero-order chi connectivity index (χ0) is 90.4. The van der Waals surface area contributed by atoms with Gasteiger partial charge in [-0.3, -0.25) is 15.2 Å². The van der Waals surface area contributed by atoms with Crippen molar-refractivity contribution in [3.05, 3.63) is 0 Å². The molecular weight excluding hydrogens is 1430 g/mol.